The summed E-state index contributed by atoms with van der Waals surface area (Å²) in [6, 6.07) is 0. The minimum Gasteiger partial charge on any atom is -0.273 e. The molecule has 4 aliphatic rings. The smallest absolute Gasteiger partial charge is 0.238 e. The van der Waals surface area contributed by atoms with E-state index in [1.54, 1.807) is 0 Å². The summed E-state index contributed by atoms with van der Waals surface area (Å²) in [6.07, 6.45) is 8.92. The summed E-state index contributed by atoms with van der Waals surface area (Å²) in [7, 11) is 0. The fourth-order valence-corrected chi connectivity index (χ4v) is 5.45. The zero-order chi connectivity index (χ0) is 15.0. The lowest BCUT2D eigenvalue weighted by molar-refractivity contribution is -0.134. The van der Waals surface area contributed by atoms with Crippen LogP contribution >= 0.6 is 0 Å². The van der Waals surface area contributed by atoms with Gasteiger partial charge in [0, 0.05) is 12.8 Å². The van der Waals surface area contributed by atoms with Crippen LogP contribution in [0.25, 0.3) is 0 Å². The maximum absolute atomic E-state index is 12.2. The molecule has 4 nitrogen and oxygen atoms in total. The summed E-state index contributed by atoms with van der Waals surface area (Å²) >= 11 is 0. The SMILES string of the molecule is CC(C)CC(=O)NNC(=O)CC12CC3CC(CC(C3)C1)C2. The van der Waals surface area contributed by atoms with Crippen LogP contribution in [0.4, 0.5) is 0 Å². The van der Waals surface area contributed by atoms with Crippen molar-refractivity contribution in [3.63, 3.8) is 0 Å². The average Bonchev–Trinajstić information content (AvgIpc) is 2.33. The lowest BCUT2D eigenvalue weighted by Gasteiger charge is -2.56. The molecule has 0 unspecified atom stereocenters. The molecule has 0 atom stereocenters. The van der Waals surface area contributed by atoms with Crippen LogP contribution in [0.3, 0.4) is 0 Å². The van der Waals surface area contributed by atoms with E-state index in [0.29, 0.717) is 18.8 Å². The van der Waals surface area contributed by atoms with E-state index in [2.05, 4.69) is 10.9 Å². The summed E-state index contributed by atoms with van der Waals surface area (Å²) in [5, 5.41) is 0. The summed E-state index contributed by atoms with van der Waals surface area (Å²) in [6.45, 7) is 3.99. The van der Waals surface area contributed by atoms with Crippen molar-refractivity contribution in [3.8, 4) is 0 Å². The topological polar surface area (TPSA) is 58.2 Å². The third kappa shape index (κ3) is 3.41. The van der Waals surface area contributed by atoms with Gasteiger partial charge in [-0.1, -0.05) is 13.8 Å². The Morgan fingerprint density at radius 1 is 0.952 bits per heavy atom. The number of amides is 2. The van der Waals surface area contributed by atoms with Crippen molar-refractivity contribution in [1.29, 1.82) is 0 Å². The van der Waals surface area contributed by atoms with Crippen LogP contribution in [0, 0.1) is 29.1 Å². The zero-order valence-electron chi connectivity index (χ0n) is 13.3. The first-order valence-corrected chi connectivity index (χ1v) is 8.52. The van der Waals surface area contributed by atoms with Gasteiger partial charge < -0.3 is 0 Å². The summed E-state index contributed by atoms with van der Waals surface area (Å²) < 4.78 is 0. The molecule has 0 aromatic heterocycles. The van der Waals surface area contributed by atoms with Crippen LogP contribution < -0.4 is 10.9 Å². The second-order valence-electron chi connectivity index (χ2n) is 8.29. The highest BCUT2D eigenvalue weighted by Crippen LogP contribution is 2.61. The van der Waals surface area contributed by atoms with Crippen molar-refractivity contribution in [2.45, 2.75) is 65.2 Å². The molecule has 4 aliphatic carbocycles. The van der Waals surface area contributed by atoms with Crippen LogP contribution in [0.1, 0.15) is 65.2 Å². The Morgan fingerprint density at radius 2 is 1.43 bits per heavy atom. The molecule has 4 bridgehead atoms. The zero-order valence-corrected chi connectivity index (χ0v) is 13.3. The van der Waals surface area contributed by atoms with Gasteiger partial charge >= 0.3 is 0 Å². The Morgan fingerprint density at radius 3 is 1.90 bits per heavy atom. The standard InChI is InChI=1S/C17H28N2O2/c1-11(2)3-15(20)18-19-16(21)10-17-7-12-4-13(8-17)6-14(5-12)9-17/h11-14H,3-10H2,1-2H3,(H,18,20)(H,19,21). The Kier molecular flexibility index (Phi) is 3.98. The molecule has 4 fully saturated rings. The highest BCUT2D eigenvalue weighted by atomic mass is 16.2. The number of hydrogen-bond acceptors (Lipinski definition) is 2. The molecule has 4 heteroatoms. The van der Waals surface area contributed by atoms with E-state index in [1.165, 1.54) is 38.5 Å². The summed E-state index contributed by atoms with van der Waals surface area (Å²) in [4.78, 5) is 23.8. The molecule has 0 aromatic carbocycles. The lowest BCUT2D eigenvalue weighted by atomic mass is 9.49. The minimum atomic E-state index is -0.0936. The molecule has 0 saturated heterocycles. The lowest BCUT2D eigenvalue weighted by Crippen LogP contribution is -2.50. The summed E-state index contributed by atoms with van der Waals surface area (Å²) in [5.41, 5.74) is 5.42. The quantitative estimate of drug-likeness (QED) is 0.783. The molecular weight excluding hydrogens is 264 g/mol. The molecule has 0 aliphatic heterocycles. The molecule has 2 amide bonds. The van der Waals surface area contributed by atoms with Gasteiger partial charge in [0.15, 0.2) is 0 Å². The maximum Gasteiger partial charge on any atom is 0.238 e. The molecular formula is C17H28N2O2. The normalized spacial score (nSPS) is 36.8. The van der Waals surface area contributed by atoms with Gasteiger partial charge in [0.1, 0.15) is 0 Å². The van der Waals surface area contributed by atoms with E-state index < -0.39 is 0 Å². The number of nitrogens with one attached hydrogen (secondary N) is 2. The first-order valence-electron chi connectivity index (χ1n) is 8.52. The highest BCUT2D eigenvalue weighted by molar-refractivity contribution is 5.82. The number of hydrogen-bond donors (Lipinski definition) is 2. The second kappa shape index (κ2) is 5.62. The fourth-order valence-electron chi connectivity index (χ4n) is 5.45. The second-order valence-corrected chi connectivity index (χ2v) is 8.29. The predicted molar refractivity (Wildman–Crippen MR) is 81.0 cm³/mol. The summed E-state index contributed by atoms with van der Waals surface area (Å²) in [5.74, 6) is 2.79. The van der Waals surface area contributed by atoms with Gasteiger partial charge in [-0.3, -0.25) is 20.4 Å². The Bertz CT molecular complexity index is 395. The van der Waals surface area contributed by atoms with E-state index in [9.17, 15) is 9.59 Å². The number of hydrazine groups is 1. The third-order valence-electron chi connectivity index (χ3n) is 5.64. The van der Waals surface area contributed by atoms with Crippen molar-refractivity contribution >= 4 is 11.8 Å². The van der Waals surface area contributed by atoms with Gasteiger partial charge in [-0.25, -0.2) is 0 Å². The van der Waals surface area contributed by atoms with E-state index >= 15 is 0 Å². The van der Waals surface area contributed by atoms with Crippen LogP contribution in [-0.2, 0) is 9.59 Å². The molecule has 4 saturated carbocycles. The third-order valence-corrected chi connectivity index (χ3v) is 5.64. The first kappa shape index (κ1) is 14.9. The van der Waals surface area contributed by atoms with Crippen LogP contribution in [0.15, 0.2) is 0 Å². The molecule has 4 rings (SSSR count). The molecule has 0 radical (unpaired) electrons. The van der Waals surface area contributed by atoms with Crippen molar-refractivity contribution < 1.29 is 9.59 Å². The molecule has 21 heavy (non-hydrogen) atoms. The van der Waals surface area contributed by atoms with E-state index in [1.807, 2.05) is 13.8 Å². The Balaban J connectivity index is 1.50. The van der Waals surface area contributed by atoms with Crippen LogP contribution in [0.2, 0.25) is 0 Å². The number of rotatable bonds is 4. The molecule has 118 valence electrons. The van der Waals surface area contributed by atoms with Crippen molar-refractivity contribution in [2.24, 2.45) is 29.1 Å². The van der Waals surface area contributed by atoms with E-state index in [4.69, 9.17) is 0 Å². The van der Waals surface area contributed by atoms with Gasteiger partial charge in [0.25, 0.3) is 0 Å². The van der Waals surface area contributed by atoms with Gasteiger partial charge in [0.05, 0.1) is 0 Å². The average molecular weight is 292 g/mol. The molecule has 0 aromatic rings. The van der Waals surface area contributed by atoms with Crippen LogP contribution in [-0.4, -0.2) is 11.8 Å². The van der Waals surface area contributed by atoms with Crippen molar-refractivity contribution in [3.05, 3.63) is 0 Å². The van der Waals surface area contributed by atoms with Crippen LogP contribution in [0.5, 0.6) is 0 Å². The molecule has 0 spiro atoms. The van der Waals surface area contributed by atoms with Gasteiger partial charge in [0.2, 0.25) is 11.8 Å². The highest BCUT2D eigenvalue weighted by Gasteiger charge is 2.51. The van der Waals surface area contributed by atoms with E-state index in [0.717, 1.165) is 17.8 Å². The number of carbonyl (C=O) groups excluding carboxylic acids is 2. The molecule has 0 heterocycles. The fraction of sp³-hybridized carbons (Fsp3) is 0.882. The predicted octanol–water partition coefficient (Wildman–Crippen LogP) is 2.79. The monoisotopic (exact) mass is 292 g/mol. The molecule has 2 N–H and O–H groups in total. The van der Waals surface area contributed by atoms with E-state index in [-0.39, 0.29) is 17.2 Å². The van der Waals surface area contributed by atoms with Gasteiger partial charge in [-0.15, -0.1) is 0 Å². The Hall–Kier alpha value is -1.06. The largest absolute Gasteiger partial charge is 0.273 e. The Labute approximate surface area is 127 Å². The maximum atomic E-state index is 12.2. The first-order chi connectivity index (χ1) is 9.94. The minimum absolute atomic E-state index is 0.00550. The van der Waals surface area contributed by atoms with Gasteiger partial charge in [-0.05, 0) is 67.6 Å². The van der Waals surface area contributed by atoms with Crippen molar-refractivity contribution in [1.82, 2.24) is 10.9 Å². The van der Waals surface area contributed by atoms with Crippen molar-refractivity contribution in [2.75, 3.05) is 0 Å². The number of carbonyl (C=O) groups is 2. The van der Waals surface area contributed by atoms with Gasteiger partial charge in [-0.2, -0.15) is 0 Å².